The molecule has 2 atom stereocenters. The van der Waals surface area contributed by atoms with Crippen molar-refractivity contribution in [1.29, 1.82) is 0 Å². The summed E-state index contributed by atoms with van der Waals surface area (Å²) < 4.78 is 0. The number of ketones is 1. The third-order valence-corrected chi connectivity index (χ3v) is 1.90. The molecule has 1 unspecified atom stereocenters. The van der Waals surface area contributed by atoms with Crippen molar-refractivity contribution in [3.05, 3.63) is 23.7 Å². The summed E-state index contributed by atoms with van der Waals surface area (Å²) in [4.78, 5) is 11.2. The lowest BCUT2D eigenvalue weighted by atomic mass is 9.92. The lowest BCUT2D eigenvalue weighted by Crippen LogP contribution is -2.35. The van der Waals surface area contributed by atoms with Gasteiger partial charge in [-0.3, -0.25) is 4.79 Å². The van der Waals surface area contributed by atoms with Gasteiger partial charge in [-0.1, -0.05) is 6.08 Å². The first-order valence-corrected chi connectivity index (χ1v) is 3.80. The molecule has 5 nitrogen and oxygen atoms in total. The first kappa shape index (κ1) is 9.76. The summed E-state index contributed by atoms with van der Waals surface area (Å²) in [6.07, 6.45) is 1.45. The van der Waals surface area contributed by atoms with Crippen LogP contribution in [0, 0.1) is 5.92 Å². The van der Waals surface area contributed by atoms with Crippen molar-refractivity contribution >= 4 is 5.78 Å². The Morgan fingerprint density at radius 3 is 2.69 bits per heavy atom. The molecule has 72 valence electrons. The van der Waals surface area contributed by atoms with E-state index in [1.54, 1.807) is 0 Å². The molecule has 1 aliphatic rings. The van der Waals surface area contributed by atoms with Crippen molar-refractivity contribution in [2.75, 3.05) is 6.54 Å². The minimum atomic E-state index is -1.03. The molecule has 0 bridgehead atoms. The van der Waals surface area contributed by atoms with Gasteiger partial charge in [-0.05, 0) is 6.08 Å². The second kappa shape index (κ2) is 3.59. The summed E-state index contributed by atoms with van der Waals surface area (Å²) in [5.41, 5.74) is 5.15. The average Bonchev–Trinajstić information content (AvgIpc) is 2.13. The van der Waals surface area contributed by atoms with E-state index >= 15 is 0 Å². The lowest BCUT2D eigenvalue weighted by Gasteiger charge is -2.19. The normalized spacial score (nSPS) is 25.1. The van der Waals surface area contributed by atoms with E-state index in [0.29, 0.717) is 0 Å². The van der Waals surface area contributed by atoms with Gasteiger partial charge in [0.25, 0.3) is 0 Å². The van der Waals surface area contributed by atoms with Crippen LogP contribution in [0.2, 0.25) is 0 Å². The molecule has 0 radical (unpaired) electrons. The number of allylic oxidation sites excluding steroid dienone is 2. The molecule has 1 rings (SSSR count). The molecule has 0 aromatic carbocycles. The van der Waals surface area contributed by atoms with E-state index in [4.69, 9.17) is 15.9 Å². The molecule has 5 N–H and O–H groups in total. The van der Waals surface area contributed by atoms with Crippen LogP contribution in [-0.4, -0.2) is 33.8 Å². The molecule has 0 aromatic heterocycles. The van der Waals surface area contributed by atoms with Crippen LogP contribution in [0.3, 0.4) is 0 Å². The van der Waals surface area contributed by atoms with Crippen LogP contribution in [0.1, 0.15) is 0 Å². The topological polar surface area (TPSA) is 104 Å². The molecule has 5 heteroatoms. The minimum absolute atomic E-state index is 0.0746. The van der Waals surface area contributed by atoms with Gasteiger partial charge in [-0.2, -0.15) is 0 Å². The highest BCUT2D eigenvalue weighted by Gasteiger charge is 2.30. The fraction of sp³-hybridized carbons (Fsp3) is 0.375. The zero-order valence-electron chi connectivity index (χ0n) is 6.84. The SMILES string of the molecule is NC[C@@H](O)C1C=CC(O)=C(O)C1=O. The van der Waals surface area contributed by atoms with Gasteiger partial charge in [0, 0.05) is 6.54 Å². The van der Waals surface area contributed by atoms with Crippen LogP contribution in [0.5, 0.6) is 0 Å². The van der Waals surface area contributed by atoms with Gasteiger partial charge in [-0.15, -0.1) is 0 Å². The average molecular weight is 185 g/mol. The molecule has 0 aliphatic heterocycles. The fourth-order valence-corrected chi connectivity index (χ4v) is 1.09. The highest BCUT2D eigenvalue weighted by atomic mass is 16.3. The van der Waals surface area contributed by atoms with Crippen LogP contribution < -0.4 is 5.73 Å². The molecule has 13 heavy (non-hydrogen) atoms. The molecule has 0 spiro atoms. The summed E-state index contributed by atoms with van der Waals surface area (Å²) in [6.45, 7) is -0.0746. The van der Waals surface area contributed by atoms with Gasteiger partial charge in [0.2, 0.25) is 11.5 Å². The maximum atomic E-state index is 11.2. The summed E-state index contributed by atoms with van der Waals surface area (Å²) in [5.74, 6) is -2.77. The smallest absolute Gasteiger partial charge is 0.210 e. The summed E-state index contributed by atoms with van der Waals surface area (Å²) >= 11 is 0. The number of hydrogen-bond acceptors (Lipinski definition) is 5. The van der Waals surface area contributed by atoms with E-state index in [2.05, 4.69) is 0 Å². The van der Waals surface area contributed by atoms with E-state index in [9.17, 15) is 9.90 Å². The number of nitrogens with two attached hydrogens (primary N) is 1. The maximum Gasteiger partial charge on any atom is 0.210 e. The van der Waals surface area contributed by atoms with Crippen molar-refractivity contribution in [3.63, 3.8) is 0 Å². The van der Waals surface area contributed by atoms with Gasteiger partial charge in [0.15, 0.2) is 5.76 Å². The highest BCUT2D eigenvalue weighted by molar-refractivity contribution is 5.98. The van der Waals surface area contributed by atoms with Gasteiger partial charge in [0.1, 0.15) is 0 Å². The highest BCUT2D eigenvalue weighted by Crippen LogP contribution is 2.19. The van der Waals surface area contributed by atoms with Crippen molar-refractivity contribution in [2.45, 2.75) is 6.10 Å². The summed E-state index contributed by atoms with van der Waals surface area (Å²) in [5, 5.41) is 27.2. The van der Waals surface area contributed by atoms with Crippen LogP contribution in [0.15, 0.2) is 23.7 Å². The Morgan fingerprint density at radius 2 is 2.15 bits per heavy atom. The van der Waals surface area contributed by atoms with Crippen LogP contribution in [-0.2, 0) is 4.79 Å². The van der Waals surface area contributed by atoms with Gasteiger partial charge in [-0.25, -0.2) is 0 Å². The van der Waals surface area contributed by atoms with E-state index < -0.39 is 29.3 Å². The Bertz CT molecular complexity index is 282. The molecule has 0 heterocycles. The Morgan fingerprint density at radius 1 is 1.54 bits per heavy atom. The number of rotatable bonds is 2. The van der Waals surface area contributed by atoms with E-state index in [1.165, 1.54) is 12.2 Å². The predicted octanol–water partition coefficient (Wildman–Crippen LogP) is -0.611. The molecule has 0 saturated carbocycles. The monoisotopic (exact) mass is 185 g/mol. The number of aliphatic hydroxyl groups is 3. The predicted molar refractivity (Wildman–Crippen MR) is 45.0 cm³/mol. The molecular formula is C8H11NO4. The van der Waals surface area contributed by atoms with Gasteiger partial charge >= 0.3 is 0 Å². The lowest BCUT2D eigenvalue weighted by molar-refractivity contribution is -0.123. The second-order valence-corrected chi connectivity index (χ2v) is 2.79. The van der Waals surface area contributed by atoms with Crippen LogP contribution >= 0.6 is 0 Å². The second-order valence-electron chi connectivity index (χ2n) is 2.79. The third-order valence-electron chi connectivity index (χ3n) is 1.90. The van der Waals surface area contributed by atoms with Gasteiger partial charge in [0.05, 0.1) is 12.0 Å². The quantitative estimate of drug-likeness (QED) is 0.459. The Balaban J connectivity index is 2.87. The largest absolute Gasteiger partial charge is 0.504 e. The number of Topliss-reactive ketones (excluding diaryl/α,β-unsaturated/α-hetero) is 1. The van der Waals surface area contributed by atoms with Crippen molar-refractivity contribution in [1.82, 2.24) is 0 Å². The Kier molecular flexibility index (Phi) is 2.69. The van der Waals surface area contributed by atoms with Crippen molar-refractivity contribution < 1.29 is 20.1 Å². The van der Waals surface area contributed by atoms with E-state index in [-0.39, 0.29) is 6.54 Å². The zero-order chi connectivity index (χ0) is 10.0. The third kappa shape index (κ3) is 1.71. The standard InChI is InChI=1S/C8H11NO4/c9-3-6(11)4-1-2-5(10)8(13)7(4)12/h1-2,4,6,10-11,13H,3,9H2/t4?,6-/m1/s1. The summed E-state index contributed by atoms with van der Waals surface area (Å²) in [7, 11) is 0. The molecule has 0 amide bonds. The zero-order valence-corrected chi connectivity index (χ0v) is 6.84. The van der Waals surface area contributed by atoms with Crippen molar-refractivity contribution in [2.24, 2.45) is 11.7 Å². The van der Waals surface area contributed by atoms with Crippen LogP contribution in [0.4, 0.5) is 0 Å². The number of carbonyl (C=O) groups is 1. The Labute approximate surface area is 74.8 Å². The number of carbonyl (C=O) groups excluding carboxylic acids is 1. The van der Waals surface area contributed by atoms with Crippen molar-refractivity contribution in [3.8, 4) is 0 Å². The number of hydrogen-bond donors (Lipinski definition) is 4. The van der Waals surface area contributed by atoms with Crippen LogP contribution in [0.25, 0.3) is 0 Å². The first-order chi connectivity index (χ1) is 6.07. The fourth-order valence-electron chi connectivity index (χ4n) is 1.09. The molecular weight excluding hydrogens is 174 g/mol. The minimum Gasteiger partial charge on any atom is -0.504 e. The summed E-state index contributed by atoms with van der Waals surface area (Å²) in [6, 6.07) is 0. The van der Waals surface area contributed by atoms with E-state index in [1.807, 2.05) is 0 Å². The molecule has 1 aliphatic carbocycles. The molecule has 0 saturated heterocycles. The van der Waals surface area contributed by atoms with Gasteiger partial charge < -0.3 is 21.1 Å². The molecule has 0 fully saturated rings. The Hall–Kier alpha value is -1.33. The molecule has 0 aromatic rings. The number of aliphatic hydroxyl groups excluding tert-OH is 3. The first-order valence-electron chi connectivity index (χ1n) is 3.80. The maximum absolute atomic E-state index is 11.2. The van der Waals surface area contributed by atoms with E-state index in [0.717, 1.165) is 0 Å².